The number of benzene rings is 3. The molecule has 140 valence electrons. The molecule has 0 N–H and O–H groups in total. The molecule has 0 unspecified atom stereocenters. The van der Waals surface area contributed by atoms with E-state index in [2.05, 4.69) is 17.1 Å². The molecule has 0 aliphatic heterocycles. The van der Waals surface area contributed by atoms with Crippen LogP contribution in [0.25, 0.3) is 21.3 Å². The molecule has 1 heterocycles. The number of rotatable bonds is 4. The van der Waals surface area contributed by atoms with E-state index in [1.807, 2.05) is 72.2 Å². The Morgan fingerprint density at radius 2 is 1.68 bits per heavy atom. The minimum absolute atomic E-state index is 0.243. The Labute approximate surface area is 167 Å². The molecule has 4 rings (SSSR count). The highest BCUT2D eigenvalue weighted by Crippen LogP contribution is 2.27. The van der Waals surface area contributed by atoms with Gasteiger partial charge in [0.15, 0.2) is 4.80 Å². The molecule has 4 aromatic rings. The van der Waals surface area contributed by atoms with Gasteiger partial charge in [-0.1, -0.05) is 59.9 Å². The maximum absolute atomic E-state index is 12.8. The second kappa shape index (κ2) is 7.82. The third-order valence-corrected chi connectivity index (χ3v) is 5.68. The highest BCUT2D eigenvalue weighted by molar-refractivity contribution is 7.16. The number of nitrogens with zero attached hydrogens (tertiary/aromatic N) is 2. The van der Waals surface area contributed by atoms with E-state index in [-0.39, 0.29) is 5.91 Å². The van der Waals surface area contributed by atoms with E-state index >= 15 is 0 Å². The van der Waals surface area contributed by atoms with E-state index in [0.717, 1.165) is 27.1 Å². The van der Waals surface area contributed by atoms with Crippen molar-refractivity contribution in [3.63, 3.8) is 0 Å². The maximum Gasteiger partial charge on any atom is 0.279 e. The van der Waals surface area contributed by atoms with Gasteiger partial charge in [0.05, 0.1) is 11.8 Å². The monoisotopic (exact) mass is 388 g/mol. The molecule has 4 nitrogen and oxygen atoms in total. The fourth-order valence-electron chi connectivity index (χ4n) is 3.23. The fourth-order valence-corrected chi connectivity index (χ4v) is 4.34. The van der Waals surface area contributed by atoms with Gasteiger partial charge in [-0.15, -0.1) is 0 Å². The summed E-state index contributed by atoms with van der Waals surface area (Å²) in [6.07, 6.45) is 0. The molecule has 0 bridgehead atoms. The Balaban J connectivity index is 1.72. The Morgan fingerprint density at radius 1 is 0.964 bits per heavy atom. The number of aryl methyl sites for hydroxylation is 1. The van der Waals surface area contributed by atoms with Gasteiger partial charge >= 0.3 is 0 Å². The van der Waals surface area contributed by atoms with Crippen LogP contribution < -0.4 is 9.54 Å². The van der Waals surface area contributed by atoms with E-state index in [9.17, 15) is 4.79 Å². The van der Waals surface area contributed by atoms with Gasteiger partial charge in [0, 0.05) is 12.1 Å². The average Bonchev–Trinajstić information content (AvgIpc) is 3.11. The summed E-state index contributed by atoms with van der Waals surface area (Å²) in [4.78, 5) is 17.8. The van der Waals surface area contributed by atoms with Crippen molar-refractivity contribution in [2.75, 3.05) is 7.11 Å². The third-order valence-electron chi connectivity index (χ3n) is 4.64. The van der Waals surface area contributed by atoms with E-state index in [1.54, 1.807) is 7.11 Å². The summed E-state index contributed by atoms with van der Waals surface area (Å²) in [5, 5.41) is 0. The first-order valence-electron chi connectivity index (χ1n) is 9.12. The normalized spacial score (nSPS) is 11.7. The van der Waals surface area contributed by atoms with Crippen LogP contribution in [0, 0.1) is 0 Å². The number of methoxy groups -OCH3 is 1. The number of hydrogen-bond donors (Lipinski definition) is 0. The lowest BCUT2D eigenvalue weighted by Gasteiger charge is -2.05. The van der Waals surface area contributed by atoms with Crippen molar-refractivity contribution in [1.29, 1.82) is 0 Å². The van der Waals surface area contributed by atoms with Crippen molar-refractivity contribution in [1.82, 2.24) is 4.57 Å². The molecule has 5 heteroatoms. The smallest absolute Gasteiger partial charge is 0.279 e. The van der Waals surface area contributed by atoms with E-state index in [0.29, 0.717) is 16.9 Å². The highest BCUT2D eigenvalue weighted by atomic mass is 32.1. The minimum Gasteiger partial charge on any atom is -0.495 e. The first kappa shape index (κ1) is 18.2. The molecule has 1 aromatic heterocycles. The molecule has 0 aliphatic carbocycles. The number of fused-ring (bicyclic) bond motifs is 1. The molecule has 0 saturated heterocycles. The minimum atomic E-state index is -0.243. The van der Waals surface area contributed by atoms with E-state index in [1.165, 1.54) is 11.3 Å². The molecule has 0 fully saturated rings. The van der Waals surface area contributed by atoms with Gasteiger partial charge in [0.25, 0.3) is 5.91 Å². The summed E-state index contributed by atoms with van der Waals surface area (Å²) in [5.41, 5.74) is 3.75. The largest absolute Gasteiger partial charge is 0.495 e. The SMILES string of the molecule is CCn1c(=NC(=O)c2ccc(-c3ccccc3)cc2)sc2cccc(OC)c21. The van der Waals surface area contributed by atoms with Crippen molar-refractivity contribution in [2.24, 2.45) is 4.99 Å². The zero-order valence-electron chi connectivity index (χ0n) is 15.8. The van der Waals surface area contributed by atoms with Crippen molar-refractivity contribution in [3.8, 4) is 16.9 Å². The van der Waals surface area contributed by atoms with Crippen LogP contribution in [0.3, 0.4) is 0 Å². The van der Waals surface area contributed by atoms with Crippen LogP contribution in [-0.4, -0.2) is 17.6 Å². The predicted octanol–water partition coefficient (Wildman–Crippen LogP) is 5.14. The number of para-hydroxylation sites is 1. The Kier molecular flexibility index (Phi) is 5.08. The van der Waals surface area contributed by atoms with E-state index < -0.39 is 0 Å². The van der Waals surface area contributed by atoms with Crippen molar-refractivity contribution in [3.05, 3.63) is 83.2 Å². The van der Waals surface area contributed by atoms with Crippen LogP contribution in [-0.2, 0) is 6.54 Å². The lowest BCUT2D eigenvalue weighted by molar-refractivity contribution is 0.0998. The van der Waals surface area contributed by atoms with Crippen LogP contribution in [0.4, 0.5) is 0 Å². The van der Waals surface area contributed by atoms with Crippen molar-refractivity contribution < 1.29 is 9.53 Å². The Morgan fingerprint density at radius 3 is 2.36 bits per heavy atom. The van der Waals surface area contributed by atoms with Crippen LogP contribution >= 0.6 is 11.3 Å². The summed E-state index contributed by atoms with van der Waals surface area (Å²) in [7, 11) is 1.66. The first-order valence-corrected chi connectivity index (χ1v) is 9.94. The molecule has 0 aliphatic rings. The molecule has 0 radical (unpaired) electrons. The molecular weight excluding hydrogens is 368 g/mol. The number of aromatic nitrogens is 1. The second-order valence-corrected chi connectivity index (χ2v) is 7.31. The van der Waals surface area contributed by atoms with Gasteiger partial charge in [-0.25, -0.2) is 0 Å². The zero-order chi connectivity index (χ0) is 19.5. The standard InChI is InChI=1S/C23H20N2O2S/c1-3-25-21-19(27-2)10-7-11-20(21)28-23(25)24-22(26)18-14-12-17(13-15-18)16-8-5-4-6-9-16/h4-15H,3H2,1-2H3. The molecule has 28 heavy (non-hydrogen) atoms. The number of hydrogen-bond acceptors (Lipinski definition) is 3. The molecular formula is C23H20N2O2S. The molecule has 3 aromatic carbocycles. The zero-order valence-corrected chi connectivity index (χ0v) is 16.6. The van der Waals surface area contributed by atoms with Gasteiger partial charge in [-0.2, -0.15) is 4.99 Å². The Bertz CT molecular complexity index is 1190. The summed E-state index contributed by atoms with van der Waals surface area (Å²) < 4.78 is 8.56. The first-order chi connectivity index (χ1) is 13.7. The second-order valence-electron chi connectivity index (χ2n) is 6.30. The number of carbonyl (C=O) groups is 1. The van der Waals surface area contributed by atoms with Gasteiger partial charge < -0.3 is 9.30 Å². The van der Waals surface area contributed by atoms with Gasteiger partial charge in [0.1, 0.15) is 11.3 Å². The maximum atomic E-state index is 12.8. The molecule has 0 spiro atoms. The van der Waals surface area contributed by atoms with Gasteiger partial charge in [-0.05, 0) is 42.3 Å². The fraction of sp³-hybridized carbons (Fsp3) is 0.130. The van der Waals surface area contributed by atoms with Gasteiger partial charge in [-0.3, -0.25) is 4.79 Å². The summed E-state index contributed by atoms with van der Waals surface area (Å²) in [5.74, 6) is 0.545. The van der Waals surface area contributed by atoms with Crippen LogP contribution in [0.1, 0.15) is 17.3 Å². The van der Waals surface area contributed by atoms with Gasteiger partial charge in [0.2, 0.25) is 0 Å². The number of carbonyl (C=O) groups excluding carboxylic acids is 1. The van der Waals surface area contributed by atoms with Crippen molar-refractivity contribution in [2.45, 2.75) is 13.5 Å². The number of amides is 1. The molecule has 0 atom stereocenters. The van der Waals surface area contributed by atoms with E-state index in [4.69, 9.17) is 4.74 Å². The van der Waals surface area contributed by atoms with Crippen LogP contribution in [0.5, 0.6) is 5.75 Å². The number of ether oxygens (including phenoxy) is 1. The third kappa shape index (κ3) is 3.37. The quantitative estimate of drug-likeness (QED) is 0.486. The summed E-state index contributed by atoms with van der Waals surface area (Å²) >= 11 is 1.50. The summed E-state index contributed by atoms with van der Waals surface area (Å²) in [6.45, 7) is 2.75. The topological polar surface area (TPSA) is 43.6 Å². The summed E-state index contributed by atoms with van der Waals surface area (Å²) in [6, 6.07) is 23.6. The Hall–Kier alpha value is -3.18. The highest BCUT2D eigenvalue weighted by Gasteiger charge is 2.12. The molecule has 0 saturated carbocycles. The lowest BCUT2D eigenvalue weighted by Crippen LogP contribution is -2.16. The lowest BCUT2D eigenvalue weighted by atomic mass is 10.0. The average molecular weight is 388 g/mol. The predicted molar refractivity (Wildman–Crippen MR) is 114 cm³/mol. The van der Waals surface area contributed by atoms with Crippen LogP contribution in [0.2, 0.25) is 0 Å². The van der Waals surface area contributed by atoms with Crippen LogP contribution in [0.15, 0.2) is 77.8 Å². The number of thiazole rings is 1. The van der Waals surface area contributed by atoms with Crippen molar-refractivity contribution >= 4 is 27.5 Å². The molecule has 1 amide bonds.